The summed E-state index contributed by atoms with van der Waals surface area (Å²) < 4.78 is 36.9. The number of carbonyl (C=O) groups is 2. The van der Waals surface area contributed by atoms with Crippen LogP contribution < -0.4 is 9.47 Å². The lowest BCUT2D eigenvalue weighted by Crippen LogP contribution is -2.17. The lowest BCUT2D eigenvalue weighted by molar-refractivity contribution is -0.146. The summed E-state index contributed by atoms with van der Waals surface area (Å²) in [5, 5.41) is 1.80. The van der Waals surface area contributed by atoms with Gasteiger partial charge in [-0.05, 0) is 18.9 Å². The second-order valence-corrected chi connectivity index (χ2v) is 7.59. The maximum absolute atomic E-state index is 15.0. The molecule has 0 bridgehead atoms. The SMILES string of the molecule is CCCCOC(=O)COc1c2ccccc2c(OCC(=O)OCCCC)c2c(F)cccc12. The van der Waals surface area contributed by atoms with Gasteiger partial charge in [0.15, 0.2) is 13.2 Å². The molecule has 0 radical (unpaired) electrons. The maximum atomic E-state index is 15.0. The third-order valence-corrected chi connectivity index (χ3v) is 5.09. The van der Waals surface area contributed by atoms with Crippen molar-refractivity contribution in [2.45, 2.75) is 39.5 Å². The molecule has 3 aromatic carbocycles. The molecular formula is C26H29FO6. The highest BCUT2D eigenvalue weighted by molar-refractivity contribution is 6.11. The van der Waals surface area contributed by atoms with Crippen molar-refractivity contribution in [1.29, 1.82) is 0 Å². The van der Waals surface area contributed by atoms with E-state index in [1.807, 2.05) is 19.9 Å². The largest absolute Gasteiger partial charge is 0.481 e. The molecule has 0 aliphatic carbocycles. The normalized spacial score (nSPS) is 10.9. The van der Waals surface area contributed by atoms with Crippen LogP contribution in [0.1, 0.15) is 39.5 Å². The van der Waals surface area contributed by atoms with Crippen LogP contribution in [0.5, 0.6) is 11.5 Å². The molecule has 0 aliphatic rings. The molecule has 0 heterocycles. The fourth-order valence-electron chi connectivity index (χ4n) is 3.41. The van der Waals surface area contributed by atoms with E-state index < -0.39 is 17.8 Å². The van der Waals surface area contributed by atoms with Gasteiger partial charge in [-0.1, -0.05) is 63.1 Å². The van der Waals surface area contributed by atoms with Crippen molar-refractivity contribution in [3.63, 3.8) is 0 Å². The van der Waals surface area contributed by atoms with Crippen LogP contribution in [0.15, 0.2) is 42.5 Å². The van der Waals surface area contributed by atoms with Crippen LogP contribution in [0, 0.1) is 5.82 Å². The number of carbonyl (C=O) groups excluding carboxylic acids is 2. The number of ether oxygens (including phenoxy) is 4. The third kappa shape index (κ3) is 6.12. The molecule has 3 aromatic rings. The van der Waals surface area contributed by atoms with Crippen molar-refractivity contribution in [2.24, 2.45) is 0 Å². The Bertz CT molecular complexity index is 1110. The Morgan fingerprint density at radius 1 is 0.727 bits per heavy atom. The standard InChI is InChI=1S/C26H29FO6/c1-3-5-14-30-22(28)16-32-25-18-10-7-8-11-19(18)26(24-20(25)12-9-13-21(24)27)33-17-23(29)31-15-6-4-2/h7-13H,3-6,14-17H2,1-2H3. The van der Waals surface area contributed by atoms with Crippen molar-refractivity contribution in [1.82, 2.24) is 0 Å². The minimum Gasteiger partial charge on any atom is -0.481 e. The Morgan fingerprint density at radius 2 is 1.24 bits per heavy atom. The molecule has 0 fully saturated rings. The molecule has 0 unspecified atom stereocenters. The molecule has 0 N–H and O–H groups in total. The summed E-state index contributed by atoms with van der Waals surface area (Å²) in [6.45, 7) is 4.00. The number of rotatable bonds is 12. The zero-order valence-electron chi connectivity index (χ0n) is 19.0. The van der Waals surface area contributed by atoms with Gasteiger partial charge >= 0.3 is 11.9 Å². The van der Waals surface area contributed by atoms with Gasteiger partial charge in [-0.2, -0.15) is 0 Å². The molecule has 0 spiro atoms. The average Bonchev–Trinajstić information content (AvgIpc) is 2.81. The smallest absolute Gasteiger partial charge is 0.344 e. The lowest BCUT2D eigenvalue weighted by atomic mass is 10.00. The minimum absolute atomic E-state index is 0.173. The van der Waals surface area contributed by atoms with Crippen LogP contribution in [-0.4, -0.2) is 38.4 Å². The predicted molar refractivity (Wildman–Crippen MR) is 124 cm³/mol. The molecule has 33 heavy (non-hydrogen) atoms. The number of benzene rings is 3. The van der Waals surface area contributed by atoms with Gasteiger partial charge < -0.3 is 18.9 Å². The fraction of sp³-hybridized carbons (Fsp3) is 0.385. The van der Waals surface area contributed by atoms with Crippen LogP contribution in [0.3, 0.4) is 0 Å². The van der Waals surface area contributed by atoms with E-state index in [0.717, 1.165) is 25.7 Å². The zero-order valence-corrected chi connectivity index (χ0v) is 19.0. The van der Waals surface area contributed by atoms with Crippen LogP contribution in [0.25, 0.3) is 21.5 Å². The van der Waals surface area contributed by atoms with Gasteiger partial charge in [-0.25, -0.2) is 14.0 Å². The van der Waals surface area contributed by atoms with E-state index in [9.17, 15) is 14.0 Å². The average molecular weight is 457 g/mol. The maximum Gasteiger partial charge on any atom is 0.344 e. The second kappa shape index (κ2) is 12.0. The first-order valence-corrected chi connectivity index (χ1v) is 11.3. The van der Waals surface area contributed by atoms with Crippen LogP contribution in [0.2, 0.25) is 0 Å². The van der Waals surface area contributed by atoms with Gasteiger partial charge in [0.25, 0.3) is 0 Å². The summed E-state index contributed by atoms with van der Waals surface area (Å²) in [6, 6.07) is 11.7. The quantitative estimate of drug-likeness (QED) is 0.201. The van der Waals surface area contributed by atoms with Gasteiger partial charge in [-0.15, -0.1) is 0 Å². The first kappa shape index (κ1) is 24.3. The third-order valence-electron chi connectivity index (χ3n) is 5.09. The summed E-state index contributed by atoms with van der Waals surface area (Å²) in [4.78, 5) is 24.2. The van der Waals surface area contributed by atoms with Crippen molar-refractivity contribution < 1.29 is 32.9 Å². The summed E-state index contributed by atoms with van der Waals surface area (Å²) in [6.07, 6.45) is 3.35. The van der Waals surface area contributed by atoms with Gasteiger partial charge in [0, 0.05) is 16.2 Å². The van der Waals surface area contributed by atoms with Gasteiger partial charge in [-0.3, -0.25) is 0 Å². The van der Waals surface area contributed by atoms with Crippen molar-refractivity contribution >= 4 is 33.5 Å². The van der Waals surface area contributed by atoms with E-state index in [-0.39, 0.29) is 24.3 Å². The van der Waals surface area contributed by atoms with E-state index in [1.165, 1.54) is 6.07 Å². The van der Waals surface area contributed by atoms with E-state index in [0.29, 0.717) is 35.1 Å². The van der Waals surface area contributed by atoms with Crippen molar-refractivity contribution in [2.75, 3.05) is 26.4 Å². The van der Waals surface area contributed by atoms with Crippen molar-refractivity contribution in [3.05, 3.63) is 48.3 Å². The topological polar surface area (TPSA) is 71.1 Å². The predicted octanol–water partition coefficient (Wildman–Crippen LogP) is 5.58. The first-order valence-electron chi connectivity index (χ1n) is 11.3. The molecule has 7 heteroatoms. The van der Waals surface area contributed by atoms with E-state index in [4.69, 9.17) is 18.9 Å². The first-order chi connectivity index (χ1) is 16.1. The van der Waals surface area contributed by atoms with Gasteiger partial charge in [0.1, 0.15) is 17.3 Å². The Balaban J connectivity index is 1.95. The Hall–Kier alpha value is -3.35. The fourth-order valence-corrected chi connectivity index (χ4v) is 3.41. The van der Waals surface area contributed by atoms with Crippen LogP contribution >= 0.6 is 0 Å². The lowest BCUT2D eigenvalue weighted by Gasteiger charge is -2.18. The molecule has 0 aliphatic heterocycles. The molecule has 0 saturated carbocycles. The molecule has 0 aromatic heterocycles. The molecule has 0 amide bonds. The number of halogens is 1. The molecule has 0 atom stereocenters. The van der Waals surface area contributed by atoms with Crippen molar-refractivity contribution in [3.8, 4) is 11.5 Å². The molecule has 176 valence electrons. The number of hydrogen-bond acceptors (Lipinski definition) is 6. The summed E-state index contributed by atoms with van der Waals surface area (Å²) >= 11 is 0. The molecule has 0 saturated heterocycles. The highest BCUT2D eigenvalue weighted by atomic mass is 19.1. The molecule has 3 rings (SSSR count). The second-order valence-electron chi connectivity index (χ2n) is 7.59. The molecular weight excluding hydrogens is 427 g/mol. The van der Waals surface area contributed by atoms with Crippen LogP contribution in [-0.2, 0) is 19.1 Å². The summed E-state index contributed by atoms with van der Waals surface area (Å²) in [7, 11) is 0. The van der Waals surface area contributed by atoms with E-state index in [2.05, 4.69) is 0 Å². The number of fused-ring (bicyclic) bond motifs is 2. The minimum atomic E-state index is -0.525. The zero-order chi connectivity index (χ0) is 23.6. The highest BCUT2D eigenvalue weighted by Crippen LogP contribution is 2.43. The highest BCUT2D eigenvalue weighted by Gasteiger charge is 2.20. The Kier molecular flexibility index (Phi) is 8.87. The summed E-state index contributed by atoms with van der Waals surface area (Å²) in [5.41, 5.74) is 0. The number of esters is 2. The molecule has 6 nitrogen and oxygen atoms in total. The Morgan fingerprint density at radius 3 is 1.82 bits per heavy atom. The van der Waals surface area contributed by atoms with Crippen LogP contribution in [0.4, 0.5) is 4.39 Å². The monoisotopic (exact) mass is 456 g/mol. The number of hydrogen-bond donors (Lipinski definition) is 0. The summed E-state index contributed by atoms with van der Waals surface area (Å²) in [5.74, 6) is -0.961. The number of unbranched alkanes of at least 4 members (excludes halogenated alkanes) is 2. The van der Waals surface area contributed by atoms with E-state index >= 15 is 0 Å². The van der Waals surface area contributed by atoms with Gasteiger partial charge in [0.05, 0.1) is 18.6 Å². The van der Waals surface area contributed by atoms with Gasteiger partial charge in [0.2, 0.25) is 0 Å². The Labute approximate surface area is 192 Å². The van der Waals surface area contributed by atoms with E-state index in [1.54, 1.807) is 30.3 Å².